The molecule has 0 N–H and O–H groups in total. The van der Waals surface area contributed by atoms with E-state index in [1.54, 1.807) is 48.5 Å². The van der Waals surface area contributed by atoms with E-state index in [9.17, 15) is 19.2 Å². The van der Waals surface area contributed by atoms with E-state index in [1.165, 1.54) is 9.80 Å². The average Bonchev–Trinajstić information content (AvgIpc) is 3.14. The molecule has 2 aromatic rings. The molecule has 2 aliphatic heterocycles. The van der Waals surface area contributed by atoms with Gasteiger partial charge >= 0.3 is 0 Å². The van der Waals surface area contributed by atoms with Crippen LogP contribution in [0.1, 0.15) is 54.3 Å². The Morgan fingerprint density at radius 3 is 1.16 bits per heavy atom. The molecule has 0 spiro atoms. The van der Waals surface area contributed by atoms with E-state index < -0.39 is 0 Å². The predicted molar refractivity (Wildman–Crippen MR) is 115 cm³/mol. The Kier molecular flexibility index (Phi) is 6.95. The molecule has 7 nitrogen and oxygen atoms in total. The van der Waals surface area contributed by atoms with E-state index in [4.69, 9.17) is 0 Å². The van der Waals surface area contributed by atoms with Crippen molar-refractivity contribution < 1.29 is 40.6 Å². The Morgan fingerprint density at radius 1 is 0.594 bits per heavy atom. The first-order chi connectivity index (χ1) is 14.8. The van der Waals surface area contributed by atoms with Crippen molar-refractivity contribution in [2.75, 3.05) is 40.3 Å². The lowest BCUT2D eigenvalue weighted by molar-refractivity contribution is -0.890. The SMILES string of the molecule is C[N+](C)(CCCN1C(=O)c2ccccc2C1=O)CCCN1C(=O)c2ccccc2C1=O.[Br-]. The fraction of sp³-hybridized carbons (Fsp3) is 0.333. The fourth-order valence-corrected chi connectivity index (χ4v) is 4.31. The number of hydrogen-bond acceptors (Lipinski definition) is 4. The molecule has 0 saturated heterocycles. The molecule has 0 radical (unpaired) electrons. The molecular formula is C24H26BrN3O4. The summed E-state index contributed by atoms with van der Waals surface area (Å²) in [7, 11) is 4.15. The number of fused-ring (bicyclic) bond motifs is 2. The number of amides is 4. The van der Waals surface area contributed by atoms with Crippen LogP contribution in [0.25, 0.3) is 0 Å². The molecule has 2 heterocycles. The molecule has 0 aromatic heterocycles. The Balaban J connectivity index is 0.00000289. The van der Waals surface area contributed by atoms with Crippen LogP contribution < -0.4 is 17.0 Å². The highest BCUT2D eigenvalue weighted by Gasteiger charge is 2.36. The minimum absolute atomic E-state index is 0. The van der Waals surface area contributed by atoms with E-state index in [0.29, 0.717) is 52.7 Å². The summed E-state index contributed by atoms with van der Waals surface area (Å²) < 4.78 is 0.673. The second-order valence-electron chi connectivity index (χ2n) is 8.71. The highest BCUT2D eigenvalue weighted by Crippen LogP contribution is 2.24. The topological polar surface area (TPSA) is 74.8 Å². The molecular weight excluding hydrogens is 474 g/mol. The zero-order chi connectivity index (χ0) is 22.2. The second kappa shape index (κ2) is 9.34. The molecule has 2 aliphatic rings. The molecule has 0 atom stereocenters. The van der Waals surface area contributed by atoms with Gasteiger partial charge in [-0.1, -0.05) is 24.3 Å². The Bertz CT molecular complexity index is 929. The van der Waals surface area contributed by atoms with Crippen LogP contribution in [0.5, 0.6) is 0 Å². The van der Waals surface area contributed by atoms with Crippen LogP contribution in [-0.2, 0) is 0 Å². The average molecular weight is 500 g/mol. The molecule has 4 rings (SSSR count). The Labute approximate surface area is 198 Å². The maximum absolute atomic E-state index is 12.5. The summed E-state index contributed by atoms with van der Waals surface area (Å²) >= 11 is 0. The van der Waals surface area contributed by atoms with E-state index >= 15 is 0 Å². The molecule has 0 fully saturated rings. The maximum atomic E-state index is 12.5. The van der Waals surface area contributed by atoms with Crippen LogP contribution in [0.2, 0.25) is 0 Å². The van der Waals surface area contributed by atoms with Crippen molar-refractivity contribution in [3.63, 3.8) is 0 Å². The molecule has 0 bridgehead atoms. The summed E-state index contributed by atoms with van der Waals surface area (Å²) in [5.41, 5.74) is 1.90. The van der Waals surface area contributed by atoms with Gasteiger partial charge in [-0.2, -0.15) is 0 Å². The van der Waals surface area contributed by atoms with Gasteiger partial charge in [0, 0.05) is 25.9 Å². The summed E-state index contributed by atoms with van der Waals surface area (Å²) in [5.74, 6) is -0.902. The first-order valence-corrected chi connectivity index (χ1v) is 10.5. The van der Waals surface area contributed by atoms with Gasteiger partial charge in [0.05, 0.1) is 49.4 Å². The largest absolute Gasteiger partial charge is 1.00 e. The number of benzene rings is 2. The van der Waals surface area contributed by atoms with E-state index in [-0.39, 0.29) is 40.6 Å². The van der Waals surface area contributed by atoms with Crippen LogP contribution in [-0.4, -0.2) is 78.2 Å². The number of carbonyl (C=O) groups is 4. The predicted octanol–water partition coefficient (Wildman–Crippen LogP) is -0.561. The van der Waals surface area contributed by atoms with E-state index in [2.05, 4.69) is 14.1 Å². The Morgan fingerprint density at radius 2 is 0.875 bits per heavy atom. The van der Waals surface area contributed by atoms with Gasteiger partial charge in [0.1, 0.15) is 0 Å². The molecule has 0 saturated carbocycles. The first kappa shape index (κ1) is 23.8. The molecule has 2 aromatic carbocycles. The lowest BCUT2D eigenvalue weighted by atomic mass is 10.1. The molecule has 0 unspecified atom stereocenters. The van der Waals surface area contributed by atoms with Crippen molar-refractivity contribution in [1.29, 1.82) is 0 Å². The van der Waals surface area contributed by atoms with Crippen molar-refractivity contribution in [1.82, 2.24) is 9.80 Å². The number of quaternary nitrogens is 1. The second-order valence-corrected chi connectivity index (χ2v) is 8.71. The van der Waals surface area contributed by atoms with Crippen LogP contribution in [0.15, 0.2) is 48.5 Å². The maximum Gasteiger partial charge on any atom is 0.261 e. The van der Waals surface area contributed by atoms with Crippen molar-refractivity contribution in [3.05, 3.63) is 70.8 Å². The summed E-state index contributed by atoms with van der Waals surface area (Å²) in [4.78, 5) is 52.5. The number of nitrogens with zero attached hydrogens (tertiary/aromatic N) is 3. The molecule has 0 aliphatic carbocycles. The van der Waals surface area contributed by atoms with Gasteiger partial charge in [-0.05, 0) is 24.3 Å². The smallest absolute Gasteiger partial charge is 0.261 e. The number of hydrogen-bond donors (Lipinski definition) is 0. The molecule has 168 valence electrons. The van der Waals surface area contributed by atoms with Crippen molar-refractivity contribution in [2.45, 2.75) is 12.8 Å². The summed E-state index contributed by atoms with van der Waals surface area (Å²) in [6.45, 7) is 2.31. The van der Waals surface area contributed by atoms with Crippen molar-refractivity contribution in [3.8, 4) is 0 Å². The van der Waals surface area contributed by atoms with Crippen molar-refractivity contribution in [2.24, 2.45) is 0 Å². The minimum Gasteiger partial charge on any atom is -1.00 e. The third-order valence-electron chi connectivity index (χ3n) is 6.05. The number of rotatable bonds is 8. The van der Waals surface area contributed by atoms with Crippen LogP contribution in [0.3, 0.4) is 0 Å². The molecule has 8 heteroatoms. The van der Waals surface area contributed by atoms with Gasteiger partial charge < -0.3 is 21.5 Å². The van der Waals surface area contributed by atoms with Crippen molar-refractivity contribution >= 4 is 23.6 Å². The third-order valence-corrected chi connectivity index (χ3v) is 6.05. The summed E-state index contributed by atoms with van der Waals surface area (Å²) in [6.07, 6.45) is 1.37. The summed E-state index contributed by atoms with van der Waals surface area (Å²) in [5, 5.41) is 0. The fourth-order valence-electron chi connectivity index (χ4n) is 4.31. The van der Waals surface area contributed by atoms with E-state index in [1.807, 2.05) is 0 Å². The Hall–Kier alpha value is -2.84. The number of carbonyl (C=O) groups excluding carboxylic acids is 4. The first-order valence-electron chi connectivity index (χ1n) is 10.5. The summed E-state index contributed by atoms with van der Waals surface area (Å²) in [6, 6.07) is 13.8. The highest BCUT2D eigenvalue weighted by atomic mass is 79.9. The zero-order valence-electron chi connectivity index (χ0n) is 18.2. The molecule has 32 heavy (non-hydrogen) atoms. The van der Waals surface area contributed by atoms with Crippen LogP contribution >= 0.6 is 0 Å². The van der Waals surface area contributed by atoms with Gasteiger partial charge in [0.15, 0.2) is 0 Å². The standard InChI is InChI=1S/C24H26N3O4.BrH/c1-27(2,15-7-13-25-21(28)17-9-3-4-10-18(17)22(25)29)16-8-14-26-23(30)19-11-5-6-12-20(19)24(26)31;/h3-6,9-12H,7-8,13-16H2,1-2H3;1H/q+1;/p-1. The highest BCUT2D eigenvalue weighted by molar-refractivity contribution is 6.22. The minimum atomic E-state index is -0.225. The number of imide groups is 2. The zero-order valence-corrected chi connectivity index (χ0v) is 19.8. The monoisotopic (exact) mass is 499 g/mol. The van der Waals surface area contributed by atoms with Gasteiger partial charge in [0.25, 0.3) is 23.6 Å². The normalized spacial score (nSPS) is 15.2. The lowest BCUT2D eigenvalue weighted by Crippen LogP contribution is -3.00. The van der Waals surface area contributed by atoms with Crippen LogP contribution in [0, 0.1) is 0 Å². The molecule has 4 amide bonds. The number of halogens is 1. The van der Waals surface area contributed by atoms with Gasteiger partial charge in [0.2, 0.25) is 0 Å². The van der Waals surface area contributed by atoms with E-state index in [0.717, 1.165) is 13.1 Å². The van der Waals surface area contributed by atoms with Gasteiger partial charge in [-0.25, -0.2) is 0 Å². The van der Waals surface area contributed by atoms with Gasteiger partial charge in [-0.3, -0.25) is 29.0 Å². The third kappa shape index (κ3) is 4.38. The van der Waals surface area contributed by atoms with Gasteiger partial charge in [-0.15, -0.1) is 0 Å². The lowest BCUT2D eigenvalue weighted by Gasteiger charge is -2.31. The van der Waals surface area contributed by atoms with Crippen LogP contribution in [0.4, 0.5) is 0 Å². The quantitative estimate of drug-likeness (QED) is 0.360.